The Kier molecular flexibility index (Phi) is 7.13. The number of aromatic nitrogens is 2. The Bertz CT molecular complexity index is 864. The van der Waals surface area contributed by atoms with Crippen LogP contribution >= 0.6 is 15.9 Å². The van der Waals surface area contributed by atoms with Crippen molar-refractivity contribution in [2.75, 3.05) is 24.9 Å². The smallest absolute Gasteiger partial charge is 0.229 e. The fraction of sp³-hybridized carbons (Fsp3) is 0.450. The van der Waals surface area contributed by atoms with E-state index in [1.54, 1.807) is 33.4 Å². The van der Waals surface area contributed by atoms with E-state index in [9.17, 15) is 4.79 Å². The molecule has 1 saturated carbocycles. The van der Waals surface area contributed by atoms with E-state index in [0.717, 1.165) is 35.8 Å². The van der Waals surface area contributed by atoms with Gasteiger partial charge in [-0.2, -0.15) is 4.98 Å². The second kappa shape index (κ2) is 9.78. The topological polar surface area (TPSA) is 97.4 Å². The third-order valence-electron chi connectivity index (χ3n) is 4.88. The maximum atomic E-state index is 11.5. The Hall–Kier alpha value is -2.55. The summed E-state index contributed by atoms with van der Waals surface area (Å²) < 4.78 is 11.4. The number of anilines is 3. The maximum Gasteiger partial charge on any atom is 0.229 e. The first-order valence-electron chi connectivity index (χ1n) is 9.55. The summed E-state index contributed by atoms with van der Waals surface area (Å²) in [6, 6.07) is 5.68. The predicted octanol–water partition coefficient (Wildman–Crippen LogP) is 3.86. The molecule has 0 aliphatic heterocycles. The van der Waals surface area contributed by atoms with Gasteiger partial charge in [-0.1, -0.05) is 12.8 Å². The number of hydrogen-bond acceptors (Lipinski definition) is 7. The molecule has 0 bridgehead atoms. The molecule has 0 spiro atoms. The van der Waals surface area contributed by atoms with Gasteiger partial charge in [0.25, 0.3) is 0 Å². The highest BCUT2D eigenvalue weighted by atomic mass is 79.9. The van der Waals surface area contributed by atoms with E-state index in [1.807, 2.05) is 12.1 Å². The molecule has 1 amide bonds. The Morgan fingerprint density at radius 1 is 1.17 bits per heavy atom. The second-order valence-corrected chi connectivity index (χ2v) is 7.78. The van der Waals surface area contributed by atoms with E-state index >= 15 is 0 Å². The monoisotopic (exact) mass is 463 g/mol. The minimum atomic E-state index is -0.0144. The minimum absolute atomic E-state index is 0.0144. The highest BCUT2D eigenvalue weighted by Gasteiger charge is 2.26. The summed E-state index contributed by atoms with van der Waals surface area (Å²) in [6.45, 7) is 1.55. The Morgan fingerprint density at radius 2 is 1.93 bits per heavy atom. The van der Waals surface area contributed by atoms with E-state index in [0.29, 0.717) is 23.3 Å². The fourth-order valence-electron chi connectivity index (χ4n) is 3.46. The van der Waals surface area contributed by atoms with Crippen LogP contribution < -0.4 is 25.4 Å². The summed E-state index contributed by atoms with van der Waals surface area (Å²) in [4.78, 5) is 20.5. The maximum absolute atomic E-state index is 11.5. The molecule has 9 heteroatoms. The van der Waals surface area contributed by atoms with Gasteiger partial charge >= 0.3 is 0 Å². The zero-order chi connectivity index (χ0) is 20.8. The zero-order valence-electron chi connectivity index (χ0n) is 16.8. The van der Waals surface area contributed by atoms with Crippen molar-refractivity contribution >= 4 is 39.3 Å². The lowest BCUT2D eigenvalue weighted by Crippen LogP contribution is -2.48. The highest BCUT2D eigenvalue weighted by molar-refractivity contribution is 9.10. The van der Waals surface area contributed by atoms with Crippen molar-refractivity contribution < 1.29 is 14.3 Å². The molecule has 2 atom stereocenters. The molecule has 1 heterocycles. The zero-order valence-corrected chi connectivity index (χ0v) is 18.4. The number of rotatable bonds is 7. The summed E-state index contributed by atoms with van der Waals surface area (Å²) in [7, 11) is 3.21. The first kappa shape index (κ1) is 21.2. The van der Waals surface area contributed by atoms with Crippen molar-refractivity contribution in [2.45, 2.75) is 44.7 Å². The molecule has 1 aromatic heterocycles. The quantitative estimate of drug-likeness (QED) is 0.573. The average Bonchev–Trinajstić information content (AvgIpc) is 2.71. The molecule has 3 N–H and O–H groups in total. The summed E-state index contributed by atoms with van der Waals surface area (Å²) in [6.07, 6.45) is 5.84. The number of halogens is 1. The van der Waals surface area contributed by atoms with Gasteiger partial charge in [0.1, 0.15) is 17.3 Å². The number of nitrogens with zero attached hydrogens (tertiary/aromatic N) is 2. The molecule has 1 aromatic carbocycles. The van der Waals surface area contributed by atoms with E-state index in [-0.39, 0.29) is 18.0 Å². The SMILES string of the molecule is COc1ccc(Nc2ncc(Br)c(N[C@@H]3CCCC[C@H]3NC(C)=O)n2)c(OC)c1. The molecular formula is C20H26BrN5O3. The normalized spacial score (nSPS) is 18.6. The number of nitrogens with one attached hydrogen (secondary N) is 3. The van der Waals surface area contributed by atoms with Crippen LogP contribution in [0.4, 0.5) is 17.5 Å². The standard InChI is InChI=1S/C20H26BrN5O3/c1-12(27)23-15-6-4-5-7-16(15)24-19-14(21)11-22-20(26-19)25-17-9-8-13(28-2)10-18(17)29-3/h8-11,15-16H,4-7H2,1-3H3,(H,23,27)(H2,22,24,25,26)/t15-,16-/m1/s1. The average molecular weight is 464 g/mol. The molecule has 1 aliphatic rings. The third-order valence-corrected chi connectivity index (χ3v) is 5.46. The highest BCUT2D eigenvalue weighted by Crippen LogP contribution is 2.32. The molecule has 3 rings (SSSR count). The lowest BCUT2D eigenvalue weighted by atomic mass is 9.90. The van der Waals surface area contributed by atoms with Crippen molar-refractivity contribution in [2.24, 2.45) is 0 Å². The Morgan fingerprint density at radius 3 is 2.62 bits per heavy atom. The minimum Gasteiger partial charge on any atom is -0.497 e. The number of carbonyl (C=O) groups excluding carboxylic acids is 1. The molecule has 1 aliphatic carbocycles. The molecule has 29 heavy (non-hydrogen) atoms. The van der Waals surface area contributed by atoms with Crippen LogP contribution in [0.15, 0.2) is 28.9 Å². The van der Waals surface area contributed by atoms with Crippen LogP contribution in [0.5, 0.6) is 11.5 Å². The number of ether oxygens (including phenoxy) is 2. The van der Waals surface area contributed by atoms with E-state index in [2.05, 4.69) is 41.8 Å². The van der Waals surface area contributed by atoms with Crippen LogP contribution in [0.25, 0.3) is 0 Å². The molecular weight excluding hydrogens is 438 g/mol. The number of carbonyl (C=O) groups is 1. The van der Waals surface area contributed by atoms with E-state index in [1.165, 1.54) is 0 Å². The molecule has 0 radical (unpaired) electrons. The second-order valence-electron chi connectivity index (χ2n) is 6.92. The molecule has 1 fully saturated rings. The Balaban J connectivity index is 1.78. The van der Waals surface area contributed by atoms with E-state index in [4.69, 9.17) is 9.47 Å². The summed E-state index contributed by atoms with van der Waals surface area (Å²) in [5.41, 5.74) is 0.732. The molecule has 2 aromatic rings. The van der Waals surface area contributed by atoms with Gasteiger partial charge in [0.2, 0.25) is 11.9 Å². The van der Waals surface area contributed by atoms with Gasteiger partial charge in [-0.15, -0.1) is 0 Å². The van der Waals surface area contributed by atoms with Gasteiger partial charge in [-0.05, 0) is 40.9 Å². The molecule has 156 valence electrons. The summed E-state index contributed by atoms with van der Waals surface area (Å²) in [5.74, 6) is 2.43. The number of benzene rings is 1. The summed E-state index contributed by atoms with van der Waals surface area (Å²) in [5, 5.41) is 9.71. The predicted molar refractivity (Wildman–Crippen MR) is 116 cm³/mol. The lowest BCUT2D eigenvalue weighted by molar-refractivity contribution is -0.119. The first-order valence-corrected chi connectivity index (χ1v) is 10.3. The van der Waals surface area contributed by atoms with Crippen molar-refractivity contribution in [1.29, 1.82) is 0 Å². The van der Waals surface area contributed by atoms with Crippen LogP contribution in [-0.2, 0) is 4.79 Å². The van der Waals surface area contributed by atoms with Crippen LogP contribution in [0.1, 0.15) is 32.6 Å². The van der Waals surface area contributed by atoms with Gasteiger partial charge in [-0.3, -0.25) is 4.79 Å². The lowest BCUT2D eigenvalue weighted by Gasteiger charge is -2.33. The Labute approximate surface area is 178 Å². The molecule has 0 unspecified atom stereocenters. The van der Waals surface area contributed by atoms with Gasteiger partial charge in [0.15, 0.2) is 0 Å². The van der Waals surface area contributed by atoms with Gasteiger partial charge in [-0.25, -0.2) is 4.98 Å². The number of amides is 1. The van der Waals surface area contributed by atoms with Crippen molar-refractivity contribution in [3.05, 3.63) is 28.9 Å². The van der Waals surface area contributed by atoms with Crippen molar-refractivity contribution in [1.82, 2.24) is 15.3 Å². The van der Waals surface area contributed by atoms with Crippen molar-refractivity contribution in [3.63, 3.8) is 0 Å². The summed E-state index contributed by atoms with van der Waals surface area (Å²) >= 11 is 3.52. The molecule has 0 saturated heterocycles. The largest absolute Gasteiger partial charge is 0.497 e. The number of hydrogen-bond donors (Lipinski definition) is 3. The molecule has 8 nitrogen and oxygen atoms in total. The van der Waals surface area contributed by atoms with Crippen molar-refractivity contribution in [3.8, 4) is 11.5 Å². The van der Waals surface area contributed by atoms with Crippen LogP contribution in [-0.4, -0.2) is 42.2 Å². The number of methoxy groups -OCH3 is 2. The van der Waals surface area contributed by atoms with Gasteiger partial charge in [0, 0.05) is 31.3 Å². The van der Waals surface area contributed by atoms with Gasteiger partial charge < -0.3 is 25.4 Å². The van der Waals surface area contributed by atoms with Gasteiger partial charge in [0.05, 0.1) is 24.4 Å². The van der Waals surface area contributed by atoms with E-state index < -0.39 is 0 Å². The fourth-order valence-corrected chi connectivity index (χ4v) is 3.77. The third kappa shape index (κ3) is 5.50. The van der Waals surface area contributed by atoms with Crippen LogP contribution in [0, 0.1) is 0 Å². The first-order chi connectivity index (χ1) is 14.0. The van der Waals surface area contributed by atoms with Crippen LogP contribution in [0.2, 0.25) is 0 Å². The van der Waals surface area contributed by atoms with Crippen LogP contribution in [0.3, 0.4) is 0 Å².